The molecule has 1 fully saturated rings. The third-order valence-corrected chi connectivity index (χ3v) is 6.72. The van der Waals surface area contributed by atoms with Gasteiger partial charge in [-0.15, -0.1) is 0 Å². The highest BCUT2D eigenvalue weighted by molar-refractivity contribution is 5.86. The first-order valence-electron chi connectivity index (χ1n) is 11.9. The van der Waals surface area contributed by atoms with Crippen molar-refractivity contribution in [2.24, 2.45) is 0 Å². The lowest BCUT2D eigenvalue weighted by molar-refractivity contribution is 0.110. The van der Waals surface area contributed by atoms with E-state index in [0.717, 1.165) is 63.3 Å². The Labute approximate surface area is 188 Å². The van der Waals surface area contributed by atoms with Gasteiger partial charge in [0.2, 0.25) is 0 Å². The molecule has 0 radical (unpaired) electrons. The van der Waals surface area contributed by atoms with E-state index < -0.39 is 0 Å². The number of hydrogen-bond donors (Lipinski definition) is 2. The average molecular weight is 436 g/mol. The quantitative estimate of drug-likeness (QED) is 0.532. The van der Waals surface area contributed by atoms with Crippen LogP contribution in [-0.2, 0) is 30.7 Å². The van der Waals surface area contributed by atoms with Crippen LogP contribution in [0.1, 0.15) is 37.6 Å². The molecule has 1 saturated heterocycles. The van der Waals surface area contributed by atoms with Crippen LogP contribution in [0, 0.1) is 0 Å². The van der Waals surface area contributed by atoms with Crippen LogP contribution in [-0.4, -0.2) is 46.0 Å². The molecule has 2 aliphatic rings. The van der Waals surface area contributed by atoms with E-state index in [9.17, 15) is 4.79 Å². The number of nitrogens with one attached hydrogen (secondary N) is 2. The minimum absolute atomic E-state index is 0.0314. The minimum Gasteiger partial charge on any atom is -0.382 e. The third-order valence-electron chi connectivity index (χ3n) is 6.72. The first-order valence-corrected chi connectivity index (χ1v) is 11.9. The van der Waals surface area contributed by atoms with Crippen molar-refractivity contribution in [2.45, 2.75) is 64.3 Å². The molecule has 2 aromatic heterocycles. The summed E-state index contributed by atoms with van der Waals surface area (Å²) in [6.45, 7) is 6.37. The topological polar surface area (TPSA) is 73.1 Å². The number of rotatable bonds is 8. The van der Waals surface area contributed by atoms with Crippen molar-refractivity contribution in [3.63, 3.8) is 0 Å². The molecule has 0 amide bonds. The van der Waals surface area contributed by atoms with E-state index in [-0.39, 0.29) is 5.56 Å². The van der Waals surface area contributed by atoms with E-state index in [2.05, 4.69) is 34.3 Å². The fourth-order valence-corrected chi connectivity index (χ4v) is 4.95. The van der Waals surface area contributed by atoms with Gasteiger partial charge in [0.15, 0.2) is 0 Å². The number of pyridine rings is 1. The Balaban J connectivity index is 1.39. The van der Waals surface area contributed by atoms with Gasteiger partial charge in [-0.25, -0.2) is 4.98 Å². The van der Waals surface area contributed by atoms with E-state index in [0.29, 0.717) is 18.7 Å². The molecule has 0 spiro atoms. The molecule has 7 nitrogen and oxygen atoms in total. The Kier molecular flexibility index (Phi) is 6.28. The zero-order valence-corrected chi connectivity index (χ0v) is 18.8. The molecule has 5 rings (SSSR count). The summed E-state index contributed by atoms with van der Waals surface area (Å²) in [5.41, 5.74) is 4.86. The smallest absolute Gasteiger partial charge is 0.250 e. The molecule has 4 heterocycles. The summed E-state index contributed by atoms with van der Waals surface area (Å²) in [5, 5.41) is 7.18. The van der Waals surface area contributed by atoms with Gasteiger partial charge in [0.25, 0.3) is 5.56 Å². The van der Waals surface area contributed by atoms with Crippen LogP contribution in [0.5, 0.6) is 0 Å². The lowest BCUT2D eigenvalue weighted by Crippen LogP contribution is -2.29. The number of ether oxygens (including phenoxy) is 1. The molecule has 0 saturated carbocycles. The monoisotopic (exact) mass is 435 g/mol. The molecule has 1 aromatic carbocycles. The highest BCUT2D eigenvalue weighted by Crippen LogP contribution is 2.32. The minimum atomic E-state index is 0.0314. The van der Waals surface area contributed by atoms with Gasteiger partial charge < -0.3 is 24.5 Å². The molecule has 0 unspecified atom stereocenters. The van der Waals surface area contributed by atoms with Crippen molar-refractivity contribution in [3.05, 3.63) is 58.3 Å². The Morgan fingerprint density at radius 2 is 2.16 bits per heavy atom. The van der Waals surface area contributed by atoms with Crippen molar-refractivity contribution in [3.8, 4) is 0 Å². The van der Waals surface area contributed by atoms with Crippen molar-refractivity contribution in [1.82, 2.24) is 19.4 Å². The fraction of sp³-hybridized carbons (Fsp3) is 0.520. The molecule has 2 atom stereocenters. The van der Waals surface area contributed by atoms with Crippen LogP contribution in [0.25, 0.3) is 11.0 Å². The maximum Gasteiger partial charge on any atom is 0.250 e. The number of benzene rings is 1. The van der Waals surface area contributed by atoms with E-state index >= 15 is 0 Å². The summed E-state index contributed by atoms with van der Waals surface area (Å²) in [7, 11) is 0. The second kappa shape index (κ2) is 9.46. The molecular weight excluding hydrogens is 402 g/mol. The van der Waals surface area contributed by atoms with Gasteiger partial charge in [0.05, 0.1) is 17.1 Å². The summed E-state index contributed by atoms with van der Waals surface area (Å²) in [4.78, 5) is 17.3. The van der Waals surface area contributed by atoms with Crippen LogP contribution in [0.3, 0.4) is 0 Å². The second-order valence-corrected chi connectivity index (χ2v) is 9.04. The van der Waals surface area contributed by atoms with Gasteiger partial charge in [-0.2, -0.15) is 0 Å². The SMILES string of the molecule is C[C@H]1CCc2c(ccc3c2nc(CCn2ccccc2=O)n3CCNC[C@H]2CCCO2)N1. The molecular formula is C25H33N5O2. The van der Waals surface area contributed by atoms with E-state index in [1.54, 1.807) is 16.7 Å². The summed E-state index contributed by atoms with van der Waals surface area (Å²) >= 11 is 0. The number of nitrogens with zero attached hydrogens (tertiary/aromatic N) is 3. The standard InChI is InChI=1S/C25H33N5O2/c1-18-7-8-20-21(27-18)9-10-22-25(20)28-23(11-14-29-13-3-2-6-24(29)31)30(22)15-12-26-17-19-5-4-16-32-19/h2-3,6,9-10,13,18-19,26-27H,4-5,7-8,11-12,14-17H2,1H3/t18-,19+/m0/s1. The van der Waals surface area contributed by atoms with Crippen LogP contribution < -0.4 is 16.2 Å². The van der Waals surface area contributed by atoms with Crippen LogP contribution in [0.2, 0.25) is 0 Å². The number of aromatic nitrogens is 3. The normalized spacial score (nSPS) is 20.4. The number of hydrogen-bond acceptors (Lipinski definition) is 5. The number of anilines is 1. The Hall–Kier alpha value is -2.64. The van der Waals surface area contributed by atoms with Gasteiger partial charge in [0.1, 0.15) is 5.82 Å². The molecule has 2 aliphatic heterocycles. The summed E-state index contributed by atoms with van der Waals surface area (Å²) in [6.07, 6.45) is 7.41. The van der Waals surface area contributed by atoms with Gasteiger partial charge in [-0.05, 0) is 50.8 Å². The molecule has 3 aromatic rings. The predicted molar refractivity (Wildman–Crippen MR) is 127 cm³/mol. The number of aryl methyl sites for hydroxylation is 3. The van der Waals surface area contributed by atoms with Gasteiger partial charge in [-0.1, -0.05) is 6.07 Å². The Morgan fingerprint density at radius 3 is 3.00 bits per heavy atom. The Morgan fingerprint density at radius 1 is 1.22 bits per heavy atom. The molecule has 0 aliphatic carbocycles. The van der Waals surface area contributed by atoms with Crippen LogP contribution in [0.15, 0.2) is 41.3 Å². The van der Waals surface area contributed by atoms with Crippen LogP contribution >= 0.6 is 0 Å². The maximum atomic E-state index is 12.2. The van der Waals surface area contributed by atoms with Crippen LogP contribution in [0.4, 0.5) is 5.69 Å². The van der Waals surface area contributed by atoms with Gasteiger partial charge >= 0.3 is 0 Å². The van der Waals surface area contributed by atoms with Crippen molar-refractivity contribution < 1.29 is 4.74 Å². The molecule has 0 bridgehead atoms. The lowest BCUT2D eigenvalue weighted by atomic mass is 9.98. The predicted octanol–water partition coefficient (Wildman–Crippen LogP) is 2.96. The van der Waals surface area contributed by atoms with Gasteiger partial charge in [-0.3, -0.25) is 4.79 Å². The van der Waals surface area contributed by atoms with Crippen molar-refractivity contribution >= 4 is 16.7 Å². The zero-order valence-electron chi connectivity index (χ0n) is 18.8. The number of imidazole rings is 1. The van der Waals surface area contributed by atoms with Crippen molar-refractivity contribution in [2.75, 3.05) is 25.0 Å². The lowest BCUT2D eigenvalue weighted by Gasteiger charge is -2.24. The average Bonchev–Trinajstić information content (AvgIpc) is 3.44. The highest BCUT2D eigenvalue weighted by Gasteiger charge is 2.21. The highest BCUT2D eigenvalue weighted by atomic mass is 16.5. The zero-order chi connectivity index (χ0) is 21.9. The summed E-state index contributed by atoms with van der Waals surface area (Å²) in [6, 6.07) is 10.2. The molecule has 7 heteroatoms. The Bertz CT molecular complexity index is 1130. The molecule has 2 N–H and O–H groups in total. The number of fused-ring (bicyclic) bond motifs is 3. The first-order chi connectivity index (χ1) is 15.7. The summed E-state index contributed by atoms with van der Waals surface area (Å²) in [5.74, 6) is 1.04. The van der Waals surface area contributed by atoms with E-state index in [1.807, 2.05) is 12.3 Å². The molecule has 170 valence electrons. The fourth-order valence-electron chi connectivity index (χ4n) is 4.95. The van der Waals surface area contributed by atoms with E-state index in [1.165, 1.54) is 23.2 Å². The van der Waals surface area contributed by atoms with Crippen molar-refractivity contribution in [1.29, 1.82) is 0 Å². The summed E-state index contributed by atoms with van der Waals surface area (Å²) < 4.78 is 9.83. The first kappa shape index (κ1) is 21.2. The van der Waals surface area contributed by atoms with Gasteiger partial charge in [0, 0.05) is 68.8 Å². The second-order valence-electron chi connectivity index (χ2n) is 9.04. The largest absolute Gasteiger partial charge is 0.382 e. The third kappa shape index (κ3) is 4.45. The van der Waals surface area contributed by atoms with E-state index in [4.69, 9.17) is 9.72 Å². The molecule has 32 heavy (non-hydrogen) atoms. The maximum absolute atomic E-state index is 12.2.